The summed E-state index contributed by atoms with van der Waals surface area (Å²) in [6.45, 7) is 4.36. The summed E-state index contributed by atoms with van der Waals surface area (Å²) in [6.07, 6.45) is 2.65. The fraction of sp³-hybridized carbons (Fsp3) is 0.600. The SMILES string of the molecule is COC1CCN(Cc2cc3c(cc2Br)OCCO3)CC1. The van der Waals surface area contributed by atoms with Gasteiger partial charge in [0.15, 0.2) is 11.5 Å². The average Bonchev–Trinajstić information content (AvgIpc) is 2.49. The first-order valence-corrected chi connectivity index (χ1v) is 7.88. The van der Waals surface area contributed by atoms with Crippen LogP contribution in [0.1, 0.15) is 18.4 Å². The monoisotopic (exact) mass is 341 g/mol. The maximum absolute atomic E-state index is 5.66. The van der Waals surface area contributed by atoms with Gasteiger partial charge in [-0.25, -0.2) is 0 Å². The first kappa shape index (κ1) is 14.2. The summed E-state index contributed by atoms with van der Waals surface area (Å²) in [4.78, 5) is 2.46. The molecule has 2 aliphatic heterocycles. The lowest BCUT2D eigenvalue weighted by Crippen LogP contribution is -2.36. The molecule has 0 saturated carbocycles. The van der Waals surface area contributed by atoms with Crippen molar-refractivity contribution in [1.29, 1.82) is 0 Å². The quantitative estimate of drug-likeness (QED) is 0.845. The lowest BCUT2D eigenvalue weighted by Gasteiger charge is -2.31. The molecule has 3 rings (SSSR count). The smallest absolute Gasteiger partial charge is 0.162 e. The zero-order valence-corrected chi connectivity index (χ0v) is 13.3. The zero-order valence-electron chi connectivity index (χ0n) is 11.7. The minimum Gasteiger partial charge on any atom is -0.486 e. The van der Waals surface area contributed by atoms with E-state index in [9.17, 15) is 0 Å². The largest absolute Gasteiger partial charge is 0.486 e. The molecule has 0 spiro atoms. The van der Waals surface area contributed by atoms with Crippen LogP contribution in [0.3, 0.4) is 0 Å². The Labute approximate surface area is 128 Å². The van der Waals surface area contributed by atoms with Gasteiger partial charge in [0.05, 0.1) is 6.10 Å². The molecule has 4 nitrogen and oxygen atoms in total. The van der Waals surface area contributed by atoms with Crippen LogP contribution in [-0.4, -0.2) is 44.4 Å². The molecule has 1 aromatic carbocycles. The molecule has 2 aliphatic rings. The molecule has 2 heterocycles. The van der Waals surface area contributed by atoms with Gasteiger partial charge in [0, 0.05) is 31.2 Å². The molecule has 1 aromatic rings. The number of ether oxygens (including phenoxy) is 3. The summed E-state index contributed by atoms with van der Waals surface area (Å²) < 4.78 is 17.8. The van der Waals surface area contributed by atoms with Crippen LogP contribution in [0.2, 0.25) is 0 Å². The Balaban J connectivity index is 1.68. The second kappa shape index (κ2) is 6.33. The number of fused-ring (bicyclic) bond motifs is 1. The van der Waals surface area contributed by atoms with E-state index in [1.165, 1.54) is 5.56 Å². The Bertz CT molecular complexity index is 472. The molecule has 1 fully saturated rings. The topological polar surface area (TPSA) is 30.9 Å². The second-order valence-corrected chi connectivity index (χ2v) is 6.15. The molecular weight excluding hydrogens is 322 g/mol. The van der Waals surface area contributed by atoms with Crippen molar-refractivity contribution in [3.63, 3.8) is 0 Å². The molecule has 0 aliphatic carbocycles. The third-order valence-electron chi connectivity index (χ3n) is 3.97. The minimum absolute atomic E-state index is 0.426. The molecule has 0 atom stereocenters. The maximum Gasteiger partial charge on any atom is 0.162 e. The van der Waals surface area contributed by atoms with Gasteiger partial charge in [-0.05, 0) is 30.5 Å². The average molecular weight is 342 g/mol. The standard InChI is InChI=1S/C15H20BrNO3/c1-18-12-2-4-17(5-3-12)10-11-8-14-15(9-13(11)16)20-7-6-19-14/h8-9,12H,2-7,10H2,1H3. The van der Waals surface area contributed by atoms with E-state index in [0.717, 1.165) is 48.4 Å². The summed E-state index contributed by atoms with van der Waals surface area (Å²) >= 11 is 3.64. The van der Waals surface area contributed by atoms with E-state index in [2.05, 4.69) is 26.9 Å². The first-order valence-electron chi connectivity index (χ1n) is 7.09. The molecule has 0 unspecified atom stereocenters. The molecule has 0 radical (unpaired) electrons. The second-order valence-electron chi connectivity index (χ2n) is 5.30. The summed E-state index contributed by atoms with van der Waals surface area (Å²) in [5, 5.41) is 0. The molecule has 0 amide bonds. The minimum atomic E-state index is 0.426. The number of hydrogen-bond acceptors (Lipinski definition) is 4. The summed E-state index contributed by atoms with van der Waals surface area (Å²) in [6, 6.07) is 4.12. The van der Waals surface area contributed by atoms with Crippen LogP contribution in [-0.2, 0) is 11.3 Å². The molecule has 0 aromatic heterocycles. The Kier molecular flexibility index (Phi) is 4.48. The van der Waals surface area contributed by atoms with Gasteiger partial charge in [-0.3, -0.25) is 4.90 Å². The van der Waals surface area contributed by atoms with E-state index in [1.807, 2.05) is 6.07 Å². The van der Waals surface area contributed by atoms with Gasteiger partial charge in [0.1, 0.15) is 13.2 Å². The fourth-order valence-corrected chi connectivity index (χ4v) is 3.22. The highest BCUT2D eigenvalue weighted by molar-refractivity contribution is 9.10. The van der Waals surface area contributed by atoms with E-state index in [-0.39, 0.29) is 0 Å². The van der Waals surface area contributed by atoms with Crippen molar-refractivity contribution in [1.82, 2.24) is 4.90 Å². The van der Waals surface area contributed by atoms with Crippen molar-refractivity contribution in [3.8, 4) is 11.5 Å². The van der Waals surface area contributed by atoms with Crippen LogP contribution < -0.4 is 9.47 Å². The predicted octanol–water partition coefficient (Wildman–Crippen LogP) is 2.83. The summed E-state index contributed by atoms with van der Waals surface area (Å²) in [7, 11) is 1.80. The fourth-order valence-electron chi connectivity index (χ4n) is 2.77. The van der Waals surface area contributed by atoms with Gasteiger partial charge in [0.25, 0.3) is 0 Å². The zero-order chi connectivity index (χ0) is 13.9. The first-order chi connectivity index (χ1) is 9.76. The normalized spacial score (nSPS) is 20.1. The van der Waals surface area contributed by atoms with Gasteiger partial charge in [-0.15, -0.1) is 0 Å². The number of nitrogens with zero attached hydrogens (tertiary/aromatic N) is 1. The Morgan fingerprint density at radius 2 is 1.85 bits per heavy atom. The number of benzene rings is 1. The number of halogens is 1. The third-order valence-corrected chi connectivity index (χ3v) is 4.71. The Morgan fingerprint density at radius 3 is 2.50 bits per heavy atom. The summed E-state index contributed by atoms with van der Waals surface area (Å²) in [5.74, 6) is 1.70. The lowest BCUT2D eigenvalue weighted by atomic mass is 10.1. The highest BCUT2D eigenvalue weighted by Gasteiger charge is 2.21. The number of rotatable bonds is 3. The molecule has 0 N–H and O–H groups in total. The predicted molar refractivity (Wildman–Crippen MR) is 80.4 cm³/mol. The van der Waals surface area contributed by atoms with Gasteiger partial charge in [-0.2, -0.15) is 0 Å². The number of methoxy groups -OCH3 is 1. The lowest BCUT2D eigenvalue weighted by molar-refractivity contribution is 0.0387. The maximum atomic E-state index is 5.66. The van der Waals surface area contributed by atoms with Gasteiger partial charge >= 0.3 is 0 Å². The van der Waals surface area contributed by atoms with Crippen LogP contribution in [0.15, 0.2) is 16.6 Å². The van der Waals surface area contributed by atoms with E-state index in [4.69, 9.17) is 14.2 Å². The van der Waals surface area contributed by atoms with Crippen molar-refractivity contribution in [2.24, 2.45) is 0 Å². The van der Waals surface area contributed by atoms with Crippen molar-refractivity contribution in [2.75, 3.05) is 33.4 Å². The van der Waals surface area contributed by atoms with Crippen LogP contribution in [0.25, 0.3) is 0 Å². The highest BCUT2D eigenvalue weighted by atomic mass is 79.9. The van der Waals surface area contributed by atoms with E-state index >= 15 is 0 Å². The Morgan fingerprint density at radius 1 is 1.20 bits per heavy atom. The molecule has 1 saturated heterocycles. The highest BCUT2D eigenvalue weighted by Crippen LogP contribution is 2.36. The van der Waals surface area contributed by atoms with Gasteiger partial charge in [0.2, 0.25) is 0 Å². The molecule has 0 bridgehead atoms. The van der Waals surface area contributed by atoms with Crippen LogP contribution in [0.4, 0.5) is 0 Å². The van der Waals surface area contributed by atoms with Crippen LogP contribution >= 0.6 is 15.9 Å². The number of piperidine rings is 1. The Hall–Kier alpha value is -0.780. The van der Waals surface area contributed by atoms with Crippen molar-refractivity contribution in [3.05, 3.63) is 22.2 Å². The van der Waals surface area contributed by atoms with E-state index in [1.54, 1.807) is 7.11 Å². The molecular formula is C15H20BrNO3. The van der Waals surface area contributed by atoms with Gasteiger partial charge in [-0.1, -0.05) is 15.9 Å². The van der Waals surface area contributed by atoms with Crippen LogP contribution in [0, 0.1) is 0 Å². The number of likely N-dealkylation sites (tertiary alicyclic amines) is 1. The van der Waals surface area contributed by atoms with Crippen molar-refractivity contribution < 1.29 is 14.2 Å². The van der Waals surface area contributed by atoms with Crippen molar-refractivity contribution in [2.45, 2.75) is 25.5 Å². The van der Waals surface area contributed by atoms with Gasteiger partial charge < -0.3 is 14.2 Å². The third kappa shape index (κ3) is 3.10. The van der Waals surface area contributed by atoms with E-state index < -0.39 is 0 Å². The molecule has 20 heavy (non-hydrogen) atoms. The van der Waals surface area contributed by atoms with Crippen molar-refractivity contribution >= 4 is 15.9 Å². The molecule has 110 valence electrons. The number of hydrogen-bond donors (Lipinski definition) is 0. The molecule has 5 heteroatoms. The van der Waals surface area contributed by atoms with E-state index in [0.29, 0.717) is 19.3 Å². The van der Waals surface area contributed by atoms with Crippen LogP contribution in [0.5, 0.6) is 11.5 Å². The summed E-state index contributed by atoms with van der Waals surface area (Å²) in [5.41, 5.74) is 1.25.